The zero-order valence-corrected chi connectivity index (χ0v) is 25.7. The minimum atomic E-state index is -0.808. The van der Waals surface area contributed by atoms with E-state index in [9.17, 15) is 0 Å². The van der Waals surface area contributed by atoms with Gasteiger partial charge in [0.1, 0.15) is 0 Å². The topological polar surface area (TPSA) is 27.7 Å². The quantitative estimate of drug-likeness (QED) is 0.0618. The van der Waals surface area contributed by atoms with Gasteiger partial charge >= 0.3 is 7.32 Å². The maximum atomic E-state index is 6.62. The number of thioether (sulfide) groups is 2. The minimum absolute atomic E-state index is 0.113. The molecule has 4 aromatic rings. The third kappa shape index (κ3) is 8.94. The summed E-state index contributed by atoms with van der Waals surface area (Å²) in [5.41, 5.74) is -0.481. The molecule has 0 saturated heterocycles. The van der Waals surface area contributed by atoms with E-state index in [4.69, 9.17) is 26.6 Å². The van der Waals surface area contributed by atoms with Gasteiger partial charge in [-0.1, -0.05) is 136 Å². The Hall–Kier alpha value is -1.61. The lowest BCUT2D eigenvalue weighted by Gasteiger charge is -2.27. The van der Waals surface area contributed by atoms with Gasteiger partial charge in [0.25, 0.3) is 0 Å². The van der Waals surface area contributed by atoms with Gasteiger partial charge in [0.05, 0.1) is 16.3 Å². The van der Waals surface area contributed by atoms with Crippen LogP contribution in [0.2, 0.25) is 0 Å². The molecule has 0 aromatic heterocycles. The number of thiol groups is 1. The number of rotatable bonds is 16. The third-order valence-electron chi connectivity index (χ3n) is 6.39. The van der Waals surface area contributed by atoms with Crippen LogP contribution >= 0.6 is 36.2 Å². The Kier molecular flexibility index (Phi) is 12.4. The first-order valence-electron chi connectivity index (χ1n) is 14.0. The van der Waals surface area contributed by atoms with Gasteiger partial charge in [-0.3, -0.25) is 0 Å². The van der Waals surface area contributed by atoms with Gasteiger partial charge in [-0.15, -0.1) is 12.6 Å². The van der Waals surface area contributed by atoms with Crippen LogP contribution in [0.15, 0.2) is 94.7 Å². The Morgan fingerprint density at radius 2 is 1.03 bits per heavy atom. The van der Waals surface area contributed by atoms with E-state index in [1.54, 1.807) is 23.5 Å². The lowest BCUT2D eigenvalue weighted by Crippen LogP contribution is -2.36. The van der Waals surface area contributed by atoms with Crippen molar-refractivity contribution in [3.8, 4) is 0 Å². The van der Waals surface area contributed by atoms with Crippen LogP contribution in [-0.2, 0) is 14.0 Å². The highest BCUT2D eigenvalue weighted by atomic mass is 32.2. The molecule has 0 aliphatic rings. The van der Waals surface area contributed by atoms with Crippen molar-refractivity contribution < 1.29 is 14.0 Å². The molecule has 4 aromatic carbocycles. The Bertz CT molecular complexity index is 1200. The van der Waals surface area contributed by atoms with Crippen molar-refractivity contribution >= 4 is 65.0 Å². The molecule has 39 heavy (non-hydrogen) atoms. The molecule has 0 heterocycles. The molecule has 3 nitrogen and oxygen atoms in total. The Morgan fingerprint density at radius 3 is 1.49 bits per heavy atom. The molecule has 3 unspecified atom stereocenters. The van der Waals surface area contributed by atoms with Gasteiger partial charge in [0.15, 0.2) is 0 Å². The highest BCUT2D eigenvalue weighted by Crippen LogP contribution is 2.36. The van der Waals surface area contributed by atoms with Crippen LogP contribution in [0.3, 0.4) is 0 Å². The highest BCUT2D eigenvalue weighted by molar-refractivity contribution is 8.00. The van der Waals surface area contributed by atoms with E-state index >= 15 is 0 Å². The SMILES string of the molecule is CCCC(S)OB(OC(CCC)Sc1cccc2ccccc12)OC(CCC)Sc1cccc2ccccc12. The largest absolute Gasteiger partial charge is 0.641 e. The van der Waals surface area contributed by atoms with E-state index in [2.05, 4.69) is 106 Å². The molecule has 0 amide bonds. The summed E-state index contributed by atoms with van der Waals surface area (Å²) in [7, 11) is -0.808. The summed E-state index contributed by atoms with van der Waals surface area (Å²) >= 11 is 8.19. The summed E-state index contributed by atoms with van der Waals surface area (Å²) in [6, 6.07) is 29.9. The molecule has 0 radical (unpaired) electrons. The van der Waals surface area contributed by atoms with Gasteiger partial charge in [-0.2, -0.15) is 0 Å². The van der Waals surface area contributed by atoms with Crippen LogP contribution in [-0.4, -0.2) is 23.6 Å². The molecule has 0 aliphatic heterocycles. The molecule has 0 spiro atoms. The van der Waals surface area contributed by atoms with Crippen LogP contribution in [0.1, 0.15) is 59.3 Å². The minimum Gasteiger partial charge on any atom is -0.374 e. The summed E-state index contributed by atoms with van der Waals surface area (Å²) < 4.78 is 19.5. The second-order valence-electron chi connectivity index (χ2n) is 9.57. The van der Waals surface area contributed by atoms with Crippen molar-refractivity contribution in [1.82, 2.24) is 0 Å². The van der Waals surface area contributed by atoms with E-state index in [1.807, 2.05) is 0 Å². The molecular weight excluding hydrogens is 539 g/mol. The molecule has 0 fully saturated rings. The average Bonchev–Trinajstić information content (AvgIpc) is 2.94. The van der Waals surface area contributed by atoms with E-state index in [1.165, 1.54) is 31.3 Å². The Morgan fingerprint density at radius 1 is 0.590 bits per heavy atom. The third-order valence-corrected chi connectivity index (χ3v) is 9.21. The summed E-state index contributed by atoms with van der Waals surface area (Å²) in [6.07, 6.45) is 5.58. The van der Waals surface area contributed by atoms with Gasteiger partial charge in [0.2, 0.25) is 0 Å². The molecular formula is C32H39BO3S3. The lowest BCUT2D eigenvalue weighted by atomic mass is 10.1. The fraction of sp³-hybridized carbons (Fsp3) is 0.375. The van der Waals surface area contributed by atoms with Gasteiger partial charge in [-0.05, 0) is 52.9 Å². The van der Waals surface area contributed by atoms with Crippen molar-refractivity contribution in [3.63, 3.8) is 0 Å². The molecule has 4 rings (SSSR count). The number of fused-ring (bicyclic) bond motifs is 2. The van der Waals surface area contributed by atoms with E-state index in [0.29, 0.717) is 0 Å². The van der Waals surface area contributed by atoms with Crippen LogP contribution in [0.25, 0.3) is 21.5 Å². The van der Waals surface area contributed by atoms with E-state index < -0.39 is 7.32 Å². The summed E-state index contributed by atoms with van der Waals surface area (Å²) in [6.45, 7) is 6.51. The van der Waals surface area contributed by atoms with Gasteiger partial charge < -0.3 is 14.0 Å². The Labute approximate surface area is 248 Å². The predicted octanol–water partition coefficient (Wildman–Crippen LogP) is 10.2. The molecule has 206 valence electrons. The fourth-order valence-electron chi connectivity index (χ4n) is 4.45. The summed E-state index contributed by atoms with van der Waals surface area (Å²) in [5, 5.41) is 4.94. The molecule has 3 atom stereocenters. The standard InChI is InChI=1S/C32H39BO3S3/c1-4-13-30(37)34-33(35-31(14-5-2)38-28-22-11-18-24-16-7-9-20-26(24)28)36-32(15-6-3)39-29-23-12-19-25-17-8-10-21-27(25)29/h7-12,16-23,30-32,37H,4-6,13-15H2,1-3H3. The van der Waals surface area contributed by atoms with E-state index in [-0.39, 0.29) is 16.3 Å². The molecule has 7 heteroatoms. The van der Waals surface area contributed by atoms with Crippen LogP contribution in [0, 0.1) is 0 Å². The maximum Gasteiger partial charge on any atom is 0.641 e. The van der Waals surface area contributed by atoms with Gasteiger partial charge in [-0.25, -0.2) is 0 Å². The van der Waals surface area contributed by atoms with Crippen molar-refractivity contribution in [2.24, 2.45) is 0 Å². The van der Waals surface area contributed by atoms with Gasteiger partial charge in [0, 0.05) is 9.79 Å². The van der Waals surface area contributed by atoms with E-state index in [0.717, 1.165) is 38.5 Å². The van der Waals surface area contributed by atoms with Crippen LogP contribution < -0.4 is 0 Å². The molecule has 0 N–H and O–H groups in total. The first kappa shape index (κ1) is 30.4. The monoisotopic (exact) mass is 578 g/mol. The maximum absolute atomic E-state index is 6.62. The number of benzene rings is 4. The zero-order valence-electron chi connectivity index (χ0n) is 23.1. The number of hydrogen-bond donors (Lipinski definition) is 1. The van der Waals surface area contributed by atoms with Crippen LogP contribution in [0.5, 0.6) is 0 Å². The molecule has 0 saturated carbocycles. The predicted molar refractivity (Wildman–Crippen MR) is 174 cm³/mol. The van der Waals surface area contributed by atoms with Crippen molar-refractivity contribution in [2.45, 2.75) is 85.4 Å². The first-order valence-corrected chi connectivity index (χ1v) is 16.3. The normalized spacial score (nSPS) is 13.9. The first-order chi connectivity index (χ1) is 19.1. The summed E-state index contributed by atoms with van der Waals surface area (Å²) in [5.74, 6) is 0. The second kappa shape index (κ2) is 16.0. The van der Waals surface area contributed by atoms with Crippen molar-refractivity contribution in [1.29, 1.82) is 0 Å². The zero-order chi connectivity index (χ0) is 27.5. The van der Waals surface area contributed by atoms with Crippen LogP contribution in [0.4, 0.5) is 0 Å². The Balaban J connectivity index is 1.55. The molecule has 0 aliphatic carbocycles. The van der Waals surface area contributed by atoms with Crippen molar-refractivity contribution in [2.75, 3.05) is 0 Å². The molecule has 0 bridgehead atoms. The van der Waals surface area contributed by atoms with Crippen molar-refractivity contribution in [3.05, 3.63) is 84.9 Å². The lowest BCUT2D eigenvalue weighted by molar-refractivity contribution is 0.0636. The summed E-state index contributed by atoms with van der Waals surface area (Å²) in [4.78, 5) is 2.41. The number of hydrogen-bond acceptors (Lipinski definition) is 6. The second-order valence-corrected chi connectivity index (χ2v) is 12.5. The highest BCUT2D eigenvalue weighted by Gasteiger charge is 2.32. The average molecular weight is 579 g/mol. The smallest absolute Gasteiger partial charge is 0.374 e. The fourth-order valence-corrected chi connectivity index (χ4v) is 7.31.